The zero-order valence-electron chi connectivity index (χ0n) is 14.0. The van der Waals surface area contributed by atoms with Crippen LogP contribution < -0.4 is 4.74 Å². The van der Waals surface area contributed by atoms with Crippen LogP contribution in [-0.2, 0) is 14.2 Å². The molecule has 0 unspecified atom stereocenters. The molecule has 1 aliphatic rings. The first-order valence-corrected chi connectivity index (χ1v) is 7.75. The molecule has 0 saturated carbocycles. The van der Waals surface area contributed by atoms with E-state index in [1.165, 1.54) is 14.2 Å². The Labute approximate surface area is 141 Å². The maximum Gasteiger partial charge on any atom is 0.410 e. The van der Waals surface area contributed by atoms with Crippen LogP contribution in [0.15, 0.2) is 24.9 Å². The monoisotopic (exact) mass is 337 g/mol. The van der Waals surface area contributed by atoms with E-state index in [0.717, 1.165) is 0 Å². The van der Waals surface area contributed by atoms with E-state index in [-0.39, 0.29) is 24.8 Å². The van der Waals surface area contributed by atoms with Crippen LogP contribution in [-0.4, -0.2) is 61.0 Å². The fraction of sp³-hybridized carbons (Fsp3) is 0.562. The molecule has 0 radical (unpaired) electrons. The molecule has 1 aliphatic heterocycles. The van der Waals surface area contributed by atoms with Crippen molar-refractivity contribution < 1.29 is 23.7 Å². The van der Waals surface area contributed by atoms with E-state index in [1.54, 1.807) is 23.2 Å². The van der Waals surface area contributed by atoms with Crippen LogP contribution in [0.3, 0.4) is 0 Å². The summed E-state index contributed by atoms with van der Waals surface area (Å²) in [4.78, 5) is 21.9. The second-order valence-corrected chi connectivity index (χ2v) is 5.24. The fourth-order valence-corrected chi connectivity index (χ4v) is 2.41. The first-order valence-electron chi connectivity index (χ1n) is 7.75. The third-order valence-corrected chi connectivity index (χ3v) is 3.62. The number of hydrogen-bond donors (Lipinski definition) is 0. The number of hydrogen-bond acceptors (Lipinski definition) is 7. The van der Waals surface area contributed by atoms with Crippen molar-refractivity contribution in [3.05, 3.63) is 30.6 Å². The number of likely N-dealkylation sites (tertiary alicyclic amines) is 1. The van der Waals surface area contributed by atoms with Gasteiger partial charge in [-0.2, -0.15) is 4.98 Å². The maximum atomic E-state index is 11.8. The van der Waals surface area contributed by atoms with E-state index in [1.807, 2.05) is 0 Å². The minimum Gasteiger partial charge on any atom is -0.460 e. The van der Waals surface area contributed by atoms with Crippen LogP contribution in [0.5, 0.6) is 6.01 Å². The Hall–Kier alpha value is -2.19. The van der Waals surface area contributed by atoms with Gasteiger partial charge < -0.3 is 23.8 Å². The van der Waals surface area contributed by atoms with E-state index < -0.39 is 6.29 Å². The maximum absolute atomic E-state index is 11.8. The van der Waals surface area contributed by atoms with Crippen molar-refractivity contribution >= 4 is 6.09 Å². The van der Waals surface area contributed by atoms with Gasteiger partial charge in [0.1, 0.15) is 18.4 Å². The topological polar surface area (TPSA) is 83.0 Å². The molecule has 24 heavy (non-hydrogen) atoms. The highest BCUT2D eigenvalue weighted by molar-refractivity contribution is 5.67. The number of rotatable bonds is 7. The molecular weight excluding hydrogens is 314 g/mol. The minimum absolute atomic E-state index is 0.0488. The van der Waals surface area contributed by atoms with Gasteiger partial charge in [-0.05, 0) is 6.07 Å². The van der Waals surface area contributed by atoms with Gasteiger partial charge in [0.25, 0.3) is 0 Å². The Morgan fingerprint density at radius 2 is 2.12 bits per heavy atom. The molecule has 0 atom stereocenters. The summed E-state index contributed by atoms with van der Waals surface area (Å²) >= 11 is 0. The second-order valence-electron chi connectivity index (χ2n) is 5.24. The smallest absolute Gasteiger partial charge is 0.410 e. The highest BCUT2D eigenvalue weighted by Gasteiger charge is 2.25. The average molecular weight is 337 g/mol. The van der Waals surface area contributed by atoms with E-state index >= 15 is 0 Å². The van der Waals surface area contributed by atoms with Crippen molar-refractivity contribution in [3.8, 4) is 6.01 Å². The highest BCUT2D eigenvalue weighted by atomic mass is 16.7. The van der Waals surface area contributed by atoms with Gasteiger partial charge in [0.15, 0.2) is 0 Å². The van der Waals surface area contributed by atoms with Crippen molar-refractivity contribution in [1.29, 1.82) is 0 Å². The minimum atomic E-state index is -0.558. The number of piperidine rings is 1. The number of methoxy groups -OCH3 is 2. The standard InChI is InChI=1S/C16H23N3O5/c1-4-11-23-16(20)19-9-6-12(7-10-19)24-15-17-8-5-13(18-15)14(21-2)22-3/h4-5,8,12,14H,1,6-7,9-11H2,2-3H3. The number of aromatic nitrogens is 2. The lowest BCUT2D eigenvalue weighted by molar-refractivity contribution is -0.109. The molecule has 132 valence electrons. The summed E-state index contributed by atoms with van der Waals surface area (Å²) in [5.74, 6) is 0. The van der Waals surface area contributed by atoms with Crippen LogP contribution >= 0.6 is 0 Å². The van der Waals surface area contributed by atoms with Crippen molar-refractivity contribution in [3.63, 3.8) is 0 Å². The van der Waals surface area contributed by atoms with Gasteiger partial charge >= 0.3 is 12.1 Å². The third-order valence-electron chi connectivity index (χ3n) is 3.62. The number of ether oxygens (including phenoxy) is 4. The summed E-state index contributed by atoms with van der Waals surface area (Å²) in [6.45, 7) is 4.88. The molecule has 0 bridgehead atoms. The van der Waals surface area contributed by atoms with Gasteiger partial charge in [-0.3, -0.25) is 0 Å². The molecule has 2 heterocycles. The molecule has 1 amide bonds. The molecular formula is C16H23N3O5. The van der Waals surface area contributed by atoms with Crippen LogP contribution in [0.25, 0.3) is 0 Å². The Bertz CT molecular complexity index is 542. The van der Waals surface area contributed by atoms with E-state index in [0.29, 0.717) is 31.6 Å². The normalized spacial score (nSPS) is 15.4. The first kappa shape index (κ1) is 18.2. The number of amides is 1. The van der Waals surface area contributed by atoms with Gasteiger partial charge in [0, 0.05) is 46.3 Å². The summed E-state index contributed by atoms with van der Waals surface area (Å²) in [5.41, 5.74) is 0.593. The van der Waals surface area contributed by atoms with Gasteiger partial charge in [0.05, 0.1) is 0 Å². The number of nitrogens with zero attached hydrogens (tertiary/aromatic N) is 3. The van der Waals surface area contributed by atoms with Crippen LogP contribution in [0.1, 0.15) is 24.8 Å². The van der Waals surface area contributed by atoms with Gasteiger partial charge in [-0.1, -0.05) is 12.7 Å². The lowest BCUT2D eigenvalue weighted by Gasteiger charge is -2.30. The molecule has 1 saturated heterocycles. The summed E-state index contributed by atoms with van der Waals surface area (Å²) < 4.78 is 21.2. The van der Waals surface area contributed by atoms with Crippen molar-refractivity contribution in [2.75, 3.05) is 33.9 Å². The summed E-state index contributed by atoms with van der Waals surface area (Å²) in [6, 6.07) is 1.99. The molecule has 8 nitrogen and oxygen atoms in total. The fourth-order valence-electron chi connectivity index (χ4n) is 2.41. The second kappa shape index (κ2) is 9.19. The molecule has 1 aromatic heterocycles. The summed E-state index contributed by atoms with van der Waals surface area (Å²) in [6.07, 6.45) is 3.60. The predicted molar refractivity (Wildman–Crippen MR) is 85.6 cm³/mol. The molecule has 0 aromatic carbocycles. The van der Waals surface area contributed by atoms with Gasteiger partial charge in [-0.25, -0.2) is 9.78 Å². The Kier molecular flexibility index (Phi) is 6.95. The molecule has 0 spiro atoms. The van der Waals surface area contributed by atoms with Crippen LogP contribution in [0.4, 0.5) is 4.79 Å². The number of carbonyl (C=O) groups is 1. The third kappa shape index (κ3) is 4.90. The predicted octanol–water partition coefficient (Wildman–Crippen LogP) is 1.93. The lowest BCUT2D eigenvalue weighted by Crippen LogP contribution is -2.42. The van der Waals surface area contributed by atoms with Gasteiger partial charge in [0.2, 0.25) is 6.29 Å². The van der Waals surface area contributed by atoms with Crippen molar-refractivity contribution in [2.24, 2.45) is 0 Å². The summed E-state index contributed by atoms with van der Waals surface area (Å²) in [7, 11) is 3.08. The SMILES string of the molecule is C=CCOC(=O)N1CCC(Oc2nccc(C(OC)OC)n2)CC1. The molecule has 8 heteroatoms. The lowest BCUT2D eigenvalue weighted by atomic mass is 10.1. The Morgan fingerprint density at radius 1 is 1.42 bits per heavy atom. The van der Waals surface area contributed by atoms with E-state index in [4.69, 9.17) is 18.9 Å². The molecule has 2 rings (SSSR count). The quantitative estimate of drug-likeness (QED) is 0.555. The molecule has 1 aromatic rings. The largest absolute Gasteiger partial charge is 0.460 e. The summed E-state index contributed by atoms with van der Waals surface area (Å²) in [5, 5.41) is 0. The zero-order chi connectivity index (χ0) is 17.4. The van der Waals surface area contributed by atoms with Crippen molar-refractivity contribution in [2.45, 2.75) is 25.2 Å². The number of carbonyl (C=O) groups excluding carboxylic acids is 1. The molecule has 0 N–H and O–H groups in total. The Morgan fingerprint density at radius 3 is 2.75 bits per heavy atom. The highest BCUT2D eigenvalue weighted by Crippen LogP contribution is 2.19. The van der Waals surface area contributed by atoms with E-state index in [9.17, 15) is 4.79 Å². The van der Waals surface area contributed by atoms with Crippen molar-refractivity contribution in [1.82, 2.24) is 14.9 Å². The van der Waals surface area contributed by atoms with Crippen LogP contribution in [0.2, 0.25) is 0 Å². The Balaban J connectivity index is 1.86. The van der Waals surface area contributed by atoms with Crippen LogP contribution in [0, 0.1) is 0 Å². The van der Waals surface area contributed by atoms with Gasteiger partial charge in [-0.15, -0.1) is 0 Å². The first-order chi connectivity index (χ1) is 11.7. The average Bonchev–Trinajstić information content (AvgIpc) is 2.62. The molecule has 0 aliphatic carbocycles. The zero-order valence-corrected chi connectivity index (χ0v) is 14.0. The molecule has 1 fully saturated rings. The van der Waals surface area contributed by atoms with E-state index in [2.05, 4.69) is 16.5 Å².